The maximum atomic E-state index is 10.7. The van der Waals surface area contributed by atoms with Gasteiger partial charge in [0.2, 0.25) is 5.79 Å². The molecule has 0 saturated carbocycles. The zero-order valence-electron chi connectivity index (χ0n) is 19.9. The van der Waals surface area contributed by atoms with Crippen LogP contribution in [-0.4, -0.2) is 35.0 Å². The molecule has 182 valence electrons. The molecule has 8 N–H and O–H groups in total. The summed E-state index contributed by atoms with van der Waals surface area (Å²) in [6.45, 7) is 3.90. The topological polar surface area (TPSA) is 136 Å². The zero-order chi connectivity index (χ0) is 22.9. The van der Waals surface area contributed by atoms with Crippen LogP contribution in [0.5, 0.6) is 0 Å². The van der Waals surface area contributed by atoms with E-state index in [1.165, 1.54) is 83.5 Å². The number of amides is 1. The molecule has 0 heterocycles. The number of hydrogen-bond acceptors (Lipinski definition) is 5. The highest BCUT2D eigenvalue weighted by Gasteiger charge is 2.29. The monoisotopic (exact) mass is 431 g/mol. The molecule has 30 heavy (non-hydrogen) atoms. The van der Waals surface area contributed by atoms with E-state index in [4.69, 9.17) is 17.2 Å². The number of carbonyl (C=O) groups excluding carboxylic acids is 1. The van der Waals surface area contributed by atoms with Crippen LogP contribution in [0, 0.1) is 0 Å². The summed E-state index contributed by atoms with van der Waals surface area (Å²) >= 11 is 0. The van der Waals surface area contributed by atoms with Gasteiger partial charge >= 0.3 is 0 Å². The molecule has 0 aliphatic carbocycles. The zero-order valence-corrected chi connectivity index (χ0v) is 19.9. The molecule has 0 rings (SSSR count). The van der Waals surface area contributed by atoms with Crippen molar-refractivity contribution in [3.05, 3.63) is 0 Å². The lowest BCUT2D eigenvalue weighted by molar-refractivity contribution is -0.184. The highest BCUT2D eigenvalue weighted by atomic mass is 16.5. The minimum atomic E-state index is -2.32. The first-order valence-electron chi connectivity index (χ1n) is 12.6. The number of nitrogens with two attached hydrogens (primary N) is 3. The van der Waals surface area contributed by atoms with Crippen LogP contribution >= 0.6 is 0 Å². The Balaban J connectivity index is 0. The molecule has 1 amide bonds. The second-order valence-corrected chi connectivity index (χ2v) is 8.52. The van der Waals surface area contributed by atoms with Crippen LogP contribution in [0.3, 0.4) is 0 Å². The summed E-state index contributed by atoms with van der Waals surface area (Å²) in [5.74, 6) is -3.38. The van der Waals surface area contributed by atoms with Gasteiger partial charge in [-0.2, -0.15) is 0 Å². The van der Waals surface area contributed by atoms with Crippen LogP contribution in [0.1, 0.15) is 129 Å². The van der Waals surface area contributed by atoms with Gasteiger partial charge in [-0.1, -0.05) is 103 Å². The minimum Gasteiger partial charge on any atom is -0.365 e. The van der Waals surface area contributed by atoms with Crippen molar-refractivity contribution in [2.45, 2.75) is 135 Å². The molecule has 6 heteroatoms. The molecule has 0 aliphatic rings. The molecule has 0 bridgehead atoms. The number of aliphatic hydroxyl groups is 2. The highest BCUT2D eigenvalue weighted by molar-refractivity contribution is 5.81. The van der Waals surface area contributed by atoms with Gasteiger partial charge in [0, 0.05) is 6.42 Å². The average Bonchev–Trinajstić information content (AvgIpc) is 2.72. The predicted octanol–water partition coefficient (Wildman–Crippen LogP) is 4.49. The van der Waals surface area contributed by atoms with E-state index in [0.29, 0.717) is 6.42 Å². The second-order valence-electron chi connectivity index (χ2n) is 8.52. The average molecular weight is 432 g/mol. The van der Waals surface area contributed by atoms with Crippen molar-refractivity contribution in [1.82, 2.24) is 0 Å². The lowest BCUT2D eigenvalue weighted by atomic mass is 10.0. The minimum absolute atomic E-state index is 0.0420. The molecule has 0 fully saturated rings. The Hall–Kier alpha value is -0.690. The largest absolute Gasteiger partial charge is 0.365 e. The van der Waals surface area contributed by atoms with Crippen LogP contribution in [0.2, 0.25) is 0 Å². The Bertz CT molecular complexity index is 347. The molecule has 0 radical (unpaired) electrons. The standard InChI is InChI=1S/C18H37NO3.C6H16N2/c1-2-3-4-5-6-7-8-9-10-11-12-13-14-15-16-18(21,22)17(19)20;7-5-3-1-2-4-6-8/h21-22H,2-16H2,1H3,(H2,19,20);1-8H2. The first kappa shape index (κ1) is 31.5. The summed E-state index contributed by atoms with van der Waals surface area (Å²) in [5.41, 5.74) is 15.4. The van der Waals surface area contributed by atoms with Crippen molar-refractivity contribution >= 4 is 5.91 Å². The van der Waals surface area contributed by atoms with Crippen molar-refractivity contribution in [1.29, 1.82) is 0 Å². The van der Waals surface area contributed by atoms with Crippen LogP contribution in [0.4, 0.5) is 0 Å². The fourth-order valence-corrected chi connectivity index (χ4v) is 3.33. The molecule has 6 nitrogen and oxygen atoms in total. The van der Waals surface area contributed by atoms with E-state index < -0.39 is 11.7 Å². The fraction of sp³-hybridized carbons (Fsp3) is 0.958. The van der Waals surface area contributed by atoms with Crippen LogP contribution < -0.4 is 17.2 Å². The number of rotatable bonds is 21. The van der Waals surface area contributed by atoms with Crippen molar-refractivity contribution < 1.29 is 15.0 Å². The predicted molar refractivity (Wildman–Crippen MR) is 128 cm³/mol. The van der Waals surface area contributed by atoms with Crippen molar-refractivity contribution in [3.8, 4) is 0 Å². The van der Waals surface area contributed by atoms with Gasteiger partial charge < -0.3 is 27.4 Å². The summed E-state index contributed by atoms with van der Waals surface area (Å²) in [6.07, 6.45) is 22.2. The third kappa shape index (κ3) is 25.3. The van der Waals surface area contributed by atoms with E-state index >= 15 is 0 Å². The van der Waals surface area contributed by atoms with Crippen molar-refractivity contribution in [3.63, 3.8) is 0 Å². The Morgan fingerprint density at radius 2 is 0.900 bits per heavy atom. The van der Waals surface area contributed by atoms with E-state index in [0.717, 1.165) is 38.8 Å². The van der Waals surface area contributed by atoms with Gasteiger partial charge in [0.25, 0.3) is 5.91 Å². The number of carbonyl (C=O) groups is 1. The van der Waals surface area contributed by atoms with E-state index in [1.54, 1.807) is 0 Å². The van der Waals surface area contributed by atoms with Crippen molar-refractivity contribution in [2.75, 3.05) is 13.1 Å². The molecular weight excluding hydrogens is 378 g/mol. The third-order valence-electron chi connectivity index (χ3n) is 5.43. The SMILES string of the molecule is CCCCCCCCCCCCCCCCC(O)(O)C(N)=O.NCCCCCCN. The summed E-state index contributed by atoms with van der Waals surface area (Å²) < 4.78 is 0. The molecule has 0 spiro atoms. The van der Waals surface area contributed by atoms with Gasteiger partial charge in [-0.05, 0) is 32.4 Å². The Morgan fingerprint density at radius 1 is 0.600 bits per heavy atom. The molecule has 0 aromatic rings. The normalized spacial score (nSPS) is 11.2. The van der Waals surface area contributed by atoms with Gasteiger partial charge in [0.1, 0.15) is 0 Å². The van der Waals surface area contributed by atoms with E-state index in [9.17, 15) is 15.0 Å². The molecule has 0 aromatic heterocycles. The Labute approximate surface area is 186 Å². The van der Waals surface area contributed by atoms with Crippen LogP contribution in [0.15, 0.2) is 0 Å². The summed E-state index contributed by atoms with van der Waals surface area (Å²) in [6, 6.07) is 0. The Kier molecular flexibility index (Phi) is 25.8. The summed E-state index contributed by atoms with van der Waals surface area (Å²) in [7, 11) is 0. The summed E-state index contributed by atoms with van der Waals surface area (Å²) in [5, 5.41) is 18.5. The fourth-order valence-electron chi connectivity index (χ4n) is 3.33. The maximum absolute atomic E-state index is 10.7. The number of hydrogen-bond donors (Lipinski definition) is 5. The van der Waals surface area contributed by atoms with E-state index in [-0.39, 0.29) is 6.42 Å². The lowest BCUT2D eigenvalue weighted by Crippen LogP contribution is -2.43. The number of primary amides is 1. The van der Waals surface area contributed by atoms with Gasteiger partial charge in [0.05, 0.1) is 0 Å². The van der Waals surface area contributed by atoms with E-state index in [1.807, 2.05) is 0 Å². The second kappa shape index (κ2) is 24.6. The number of unbranched alkanes of at least 4 members (excludes halogenated alkanes) is 16. The highest BCUT2D eigenvalue weighted by Crippen LogP contribution is 2.15. The molecule has 0 unspecified atom stereocenters. The molecule has 0 atom stereocenters. The first-order valence-corrected chi connectivity index (χ1v) is 12.6. The molecule has 0 aliphatic heterocycles. The lowest BCUT2D eigenvalue weighted by Gasteiger charge is -2.16. The first-order chi connectivity index (χ1) is 14.4. The quantitative estimate of drug-likeness (QED) is 0.135. The van der Waals surface area contributed by atoms with Crippen LogP contribution in [-0.2, 0) is 4.79 Å². The van der Waals surface area contributed by atoms with E-state index in [2.05, 4.69) is 6.92 Å². The smallest absolute Gasteiger partial charge is 0.277 e. The molecule has 0 saturated heterocycles. The Morgan fingerprint density at radius 3 is 1.20 bits per heavy atom. The van der Waals surface area contributed by atoms with Crippen molar-refractivity contribution in [2.24, 2.45) is 17.2 Å². The van der Waals surface area contributed by atoms with Gasteiger partial charge in [-0.15, -0.1) is 0 Å². The van der Waals surface area contributed by atoms with Gasteiger partial charge in [-0.25, -0.2) is 0 Å². The molecule has 0 aromatic carbocycles. The van der Waals surface area contributed by atoms with Gasteiger partial charge in [0.15, 0.2) is 0 Å². The maximum Gasteiger partial charge on any atom is 0.277 e. The summed E-state index contributed by atoms with van der Waals surface area (Å²) in [4.78, 5) is 10.7. The molecular formula is C24H53N3O3. The van der Waals surface area contributed by atoms with Crippen LogP contribution in [0.25, 0.3) is 0 Å². The third-order valence-corrected chi connectivity index (χ3v) is 5.43. The van der Waals surface area contributed by atoms with Gasteiger partial charge in [-0.3, -0.25) is 4.79 Å².